The van der Waals surface area contributed by atoms with E-state index in [1.165, 1.54) is 35.2 Å². The van der Waals surface area contributed by atoms with E-state index >= 15 is 0 Å². The van der Waals surface area contributed by atoms with Crippen LogP contribution in [0, 0.1) is 26.6 Å². The first-order chi connectivity index (χ1) is 14.9. The Hall–Kier alpha value is -2.98. The Bertz CT molecular complexity index is 1210. The number of carbonyl (C=O) groups excluding carboxylic acids is 1. The number of carbonyl (C=O) groups is 1. The molecular formula is C21H20FN5O2S2. The second-order valence-electron chi connectivity index (χ2n) is 6.98. The number of nitrogens with zero attached hydrogens (tertiary/aromatic N) is 4. The number of thioether (sulfide) groups is 1. The van der Waals surface area contributed by atoms with E-state index in [1.54, 1.807) is 12.1 Å². The minimum atomic E-state index is -0.264. The van der Waals surface area contributed by atoms with E-state index in [2.05, 4.69) is 20.7 Å². The smallest absolute Gasteiger partial charge is 0.206 e. The lowest BCUT2D eigenvalue weighted by molar-refractivity contribution is 0.102. The summed E-state index contributed by atoms with van der Waals surface area (Å²) in [7, 11) is 0. The van der Waals surface area contributed by atoms with Gasteiger partial charge in [-0.15, -0.1) is 10.2 Å². The number of aromatic nitrogens is 4. The van der Waals surface area contributed by atoms with Crippen LogP contribution >= 0.6 is 23.1 Å². The minimum absolute atomic E-state index is 0.0144. The highest BCUT2D eigenvalue weighted by Gasteiger charge is 2.19. The summed E-state index contributed by atoms with van der Waals surface area (Å²) in [6, 6.07) is 9.99. The third kappa shape index (κ3) is 4.86. The highest BCUT2D eigenvalue weighted by Crippen LogP contribution is 2.28. The Balaban J connectivity index is 1.37. The number of hydrogen-bond acceptors (Lipinski definition) is 8. The molecule has 0 spiro atoms. The Morgan fingerprint density at radius 3 is 2.68 bits per heavy atom. The molecule has 1 aromatic carbocycles. The van der Waals surface area contributed by atoms with Gasteiger partial charge in [-0.25, -0.2) is 4.39 Å². The zero-order chi connectivity index (χ0) is 22.0. The van der Waals surface area contributed by atoms with Gasteiger partial charge >= 0.3 is 0 Å². The molecule has 7 nitrogen and oxygen atoms in total. The fraction of sp³-hybridized carbons (Fsp3) is 0.238. The molecule has 160 valence electrons. The molecule has 0 radical (unpaired) electrons. The standard InChI is InChI=1S/C21H20FN5O2S2/c1-12-8-17(14(3)27(12)19-9-13(2)29-26-19)18(28)11-30-21-25-24-20(31-21)23-10-15-4-6-16(22)7-5-15/h4-9H,10-11H2,1-3H3,(H,23,24). The number of benzene rings is 1. The zero-order valence-electron chi connectivity index (χ0n) is 17.2. The summed E-state index contributed by atoms with van der Waals surface area (Å²) in [6.45, 7) is 6.19. The lowest BCUT2D eigenvalue weighted by atomic mass is 10.2. The quantitative estimate of drug-likeness (QED) is 0.295. The molecule has 0 saturated carbocycles. The van der Waals surface area contributed by atoms with Crippen LogP contribution in [0.25, 0.3) is 5.82 Å². The average molecular weight is 458 g/mol. The van der Waals surface area contributed by atoms with Gasteiger partial charge in [0.1, 0.15) is 11.6 Å². The van der Waals surface area contributed by atoms with Crippen molar-refractivity contribution in [3.8, 4) is 5.82 Å². The number of nitrogens with one attached hydrogen (secondary N) is 1. The molecule has 0 atom stereocenters. The second-order valence-corrected chi connectivity index (χ2v) is 9.18. The second kappa shape index (κ2) is 9.03. The molecule has 4 rings (SSSR count). The normalized spacial score (nSPS) is 11.1. The van der Waals surface area contributed by atoms with Crippen molar-refractivity contribution in [2.75, 3.05) is 11.1 Å². The molecular weight excluding hydrogens is 437 g/mol. The number of rotatable bonds is 8. The molecule has 0 amide bonds. The van der Waals surface area contributed by atoms with Crippen LogP contribution < -0.4 is 5.32 Å². The van der Waals surface area contributed by atoms with Gasteiger partial charge in [-0.05, 0) is 44.5 Å². The van der Waals surface area contributed by atoms with Gasteiger partial charge in [0.15, 0.2) is 15.9 Å². The fourth-order valence-corrected chi connectivity index (χ4v) is 4.81. The average Bonchev–Trinajstić information content (AvgIpc) is 3.45. The maximum Gasteiger partial charge on any atom is 0.206 e. The first kappa shape index (κ1) is 21.3. The predicted molar refractivity (Wildman–Crippen MR) is 119 cm³/mol. The van der Waals surface area contributed by atoms with Crippen LogP contribution in [-0.4, -0.2) is 31.5 Å². The van der Waals surface area contributed by atoms with Crippen LogP contribution in [0.4, 0.5) is 9.52 Å². The van der Waals surface area contributed by atoms with Gasteiger partial charge in [-0.2, -0.15) is 0 Å². The number of anilines is 1. The summed E-state index contributed by atoms with van der Waals surface area (Å²) >= 11 is 2.73. The lowest BCUT2D eigenvalue weighted by Crippen LogP contribution is -2.05. The van der Waals surface area contributed by atoms with E-state index in [0.29, 0.717) is 33.2 Å². The Morgan fingerprint density at radius 2 is 1.97 bits per heavy atom. The number of hydrogen-bond donors (Lipinski definition) is 1. The van der Waals surface area contributed by atoms with Crippen LogP contribution in [0.15, 0.2) is 45.3 Å². The first-order valence-corrected chi connectivity index (χ1v) is 11.3. The summed E-state index contributed by atoms with van der Waals surface area (Å²) in [5, 5.41) is 16.1. The van der Waals surface area contributed by atoms with Crippen LogP contribution in [0.5, 0.6) is 0 Å². The van der Waals surface area contributed by atoms with Gasteiger partial charge in [-0.1, -0.05) is 40.4 Å². The molecule has 0 bridgehead atoms. The van der Waals surface area contributed by atoms with Crippen molar-refractivity contribution < 1.29 is 13.7 Å². The van der Waals surface area contributed by atoms with Crippen molar-refractivity contribution in [2.45, 2.75) is 31.7 Å². The maximum absolute atomic E-state index is 13.0. The molecule has 1 N–H and O–H groups in total. The van der Waals surface area contributed by atoms with E-state index < -0.39 is 0 Å². The monoisotopic (exact) mass is 457 g/mol. The van der Waals surface area contributed by atoms with Crippen molar-refractivity contribution in [3.63, 3.8) is 0 Å². The summed E-state index contributed by atoms with van der Waals surface area (Å²) in [6.07, 6.45) is 0. The topological polar surface area (TPSA) is 85.8 Å². The van der Waals surface area contributed by atoms with Crippen molar-refractivity contribution in [1.29, 1.82) is 0 Å². The Morgan fingerprint density at radius 1 is 1.19 bits per heavy atom. The van der Waals surface area contributed by atoms with Crippen molar-refractivity contribution in [2.24, 2.45) is 0 Å². The van der Waals surface area contributed by atoms with Crippen molar-refractivity contribution >= 4 is 34.0 Å². The van der Waals surface area contributed by atoms with Crippen LogP contribution in [0.1, 0.15) is 33.1 Å². The molecule has 3 heterocycles. The summed E-state index contributed by atoms with van der Waals surface area (Å²) in [5.41, 5.74) is 3.35. The van der Waals surface area contributed by atoms with E-state index in [9.17, 15) is 9.18 Å². The molecule has 0 fully saturated rings. The summed E-state index contributed by atoms with van der Waals surface area (Å²) < 4.78 is 20.8. The van der Waals surface area contributed by atoms with Crippen LogP contribution in [0.2, 0.25) is 0 Å². The van der Waals surface area contributed by atoms with Gasteiger partial charge in [0.25, 0.3) is 0 Å². The molecule has 31 heavy (non-hydrogen) atoms. The van der Waals surface area contributed by atoms with E-state index in [-0.39, 0.29) is 17.4 Å². The van der Waals surface area contributed by atoms with Crippen LogP contribution in [-0.2, 0) is 6.54 Å². The van der Waals surface area contributed by atoms with E-state index in [4.69, 9.17) is 4.52 Å². The Kier molecular flexibility index (Phi) is 6.19. The summed E-state index contributed by atoms with van der Waals surface area (Å²) in [5.74, 6) is 1.39. The molecule has 0 aliphatic rings. The fourth-order valence-electron chi connectivity index (χ4n) is 3.18. The number of ketones is 1. The van der Waals surface area contributed by atoms with Crippen LogP contribution in [0.3, 0.4) is 0 Å². The highest BCUT2D eigenvalue weighted by molar-refractivity contribution is 8.01. The largest absolute Gasteiger partial charge is 0.360 e. The molecule has 3 aromatic heterocycles. The molecule has 0 aliphatic carbocycles. The maximum atomic E-state index is 13.0. The molecule has 0 aliphatic heterocycles. The number of Topliss-reactive ketones (excluding diaryl/α,β-unsaturated/α-hetero) is 1. The molecule has 4 aromatic rings. The van der Waals surface area contributed by atoms with Gasteiger partial charge in [0, 0.05) is 29.6 Å². The van der Waals surface area contributed by atoms with Gasteiger partial charge in [-0.3, -0.25) is 9.36 Å². The van der Waals surface area contributed by atoms with Gasteiger partial charge in [0.2, 0.25) is 5.13 Å². The van der Waals surface area contributed by atoms with Gasteiger partial charge in [0.05, 0.1) is 5.75 Å². The zero-order valence-corrected chi connectivity index (χ0v) is 18.8. The summed E-state index contributed by atoms with van der Waals surface area (Å²) in [4.78, 5) is 12.8. The first-order valence-electron chi connectivity index (χ1n) is 9.51. The lowest BCUT2D eigenvalue weighted by Gasteiger charge is -2.04. The van der Waals surface area contributed by atoms with Gasteiger partial charge < -0.3 is 9.84 Å². The molecule has 0 saturated heterocycles. The number of aryl methyl sites for hydroxylation is 2. The molecule has 0 unspecified atom stereocenters. The van der Waals surface area contributed by atoms with E-state index in [1.807, 2.05) is 37.5 Å². The third-order valence-corrected chi connectivity index (χ3v) is 6.68. The Labute approximate surface area is 186 Å². The third-order valence-electron chi connectivity index (χ3n) is 4.67. The SMILES string of the molecule is Cc1cc(-n2c(C)cc(C(=O)CSc3nnc(NCc4ccc(F)cc4)s3)c2C)no1. The van der Waals surface area contributed by atoms with E-state index in [0.717, 1.165) is 17.0 Å². The minimum Gasteiger partial charge on any atom is -0.360 e. The number of halogens is 1. The highest BCUT2D eigenvalue weighted by atomic mass is 32.2. The molecule has 10 heteroatoms. The van der Waals surface area contributed by atoms with Crippen molar-refractivity contribution in [1.82, 2.24) is 19.9 Å². The van der Waals surface area contributed by atoms with Crippen molar-refractivity contribution in [3.05, 3.63) is 70.5 Å². The predicted octanol–water partition coefficient (Wildman–Crippen LogP) is 4.97.